The second-order valence-electron chi connectivity index (χ2n) is 31.4. The SMILES string of the molecule is COC(=O)C(Cc1cc(CN(Cc2ccccn2)Cc2ccccn2)c(O)c(CN(Cc2ccccn2)Cc2ccccn2)c1)NC(=O)CCCNC(=O)C1CCC(CN2C(=O)CC(SCCC(=O)N(C)[C@@H](C)C(=O)O[C@H]3CC(=O)N(C)c4cc(cc(OC)c4Cl)C/C(C)=C/C=C/[C@@H](OC)[C@@]4(O)C[C@H](OC(=O)N4)[C@@H](C)[C@@H]4O[C@]34C)C2=O)CC1. The van der Waals surface area contributed by atoms with E-state index in [9.17, 15) is 53.4 Å². The van der Waals surface area contributed by atoms with Crippen LogP contribution in [0, 0.1) is 17.8 Å². The third-order valence-electron chi connectivity index (χ3n) is 22.7. The Morgan fingerprint density at radius 1 is 0.788 bits per heavy atom. The van der Waals surface area contributed by atoms with Gasteiger partial charge in [0.25, 0.3) is 0 Å². The van der Waals surface area contributed by atoms with E-state index in [0.717, 1.165) is 33.9 Å². The molecule has 11 rings (SSSR count). The number of hydrogen-bond donors (Lipinski definition) is 5. The third kappa shape index (κ3) is 23.2. The summed E-state index contributed by atoms with van der Waals surface area (Å²) in [6.07, 6.45) is 9.44. The van der Waals surface area contributed by atoms with E-state index in [2.05, 4.69) is 45.7 Å². The number of aromatic hydroxyl groups is 1. The van der Waals surface area contributed by atoms with Crippen molar-refractivity contribution >= 4 is 82.5 Å². The number of amides is 7. The van der Waals surface area contributed by atoms with Crippen molar-refractivity contribution in [2.45, 2.75) is 197 Å². The monoisotopic (exact) mass is 1660 g/mol. The number of benzene rings is 2. The summed E-state index contributed by atoms with van der Waals surface area (Å²) in [5.41, 5.74) is 3.79. The van der Waals surface area contributed by atoms with Crippen molar-refractivity contribution in [2.24, 2.45) is 17.8 Å². The second kappa shape index (κ2) is 41.0. The van der Waals surface area contributed by atoms with Crippen molar-refractivity contribution in [2.75, 3.05) is 59.2 Å². The van der Waals surface area contributed by atoms with Crippen molar-refractivity contribution in [3.8, 4) is 11.5 Å². The topological polar surface area (TPSA) is 357 Å². The summed E-state index contributed by atoms with van der Waals surface area (Å²) in [5, 5.41) is 32.2. The van der Waals surface area contributed by atoms with Crippen LogP contribution in [0.1, 0.15) is 137 Å². The van der Waals surface area contributed by atoms with Crippen molar-refractivity contribution < 1.29 is 81.8 Å². The summed E-state index contributed by atoms with van der Waals surface area (Å²) in [4.78, 5) is 151. The van der Waals surface area contributed by atoms with Gasteiger partial charge in [-0.25, -0.2) is 14.4 Å². The maximum Gasteiger partial charge on any atom is 0.409 e. The minimum absolute atomic E-state index is 0.0165. The fourth-order valence-electron chi connectivity index (χ4n) is 15.9. The lowest BCUT2D eigenvalue weighted by Gasteiger charge is -2.42. The first-order chi connectivity index (χ1) is 56.6. The Morgan fingerprint density at radius 2 is 1.38 bits per heavy atom. The Morgan fingerprint density at radius 3 is 1.93 bits per heavy atom. The molecule has 6 aromatic rings. The first-order valence-electron chi connectivity index (χ1n) is 40.0. The first-order valence-corrected chi connectivity index (χ1v) is 41.4. The number of aromatic nitrogens is 4. The normalized spacial score (nSPS) is 24.0. The van der Waals surface area contributed by atoms with Gasteiger partial charge in [-0.1, -0.05) is 78.7 Å². The Hall–Kier alpha value is -10.2. The number of alkyl carbamates (subject to hydrolysis) is 1. The molecular formula is C87H107ClN12O17S. The minimum Gasteiger partial charge on any atom is -0.507 e. The number of halogens is 1. The number of ether oxygens (including phenoxy) is 6. The van der Waals surface area contributed by atoms with Crippen LogP contribution in [0.25, 0.3) is 0 Å². The zero-order valence-corrected chi connectivity index (χ0v) is 69.8. The van der Waals surface area contributed by atoms with Crippen LogP contribution in [-0.4, -0.2) is 211 Å². The van der Waals surface area contributed by atoms with Gasteiger partial charge in [-0.15, -0.1) is 11.8 Å². The van der Waals surface area contributed by atoms with E-state index in [1.54, 1.807) is 70.0 Å². The molecule has 2 aromatic carbocycles. The van der Waals surface area contributed by atoms with Gasteiger partial charge in [0.2, 0.25) is 35.4 Å². The van der Waals surface area contributed by atoms with E-state index >= 15 is 0 Å². The number of carbonyl (C=O) groups is 9. The number of epoxide rings is 1. The molecule has 4 aromatic heterocycles. The quantitative estimate of drug-likeness (QED) is 0.00863. The molecule has 630 valence electrons. The highest BCUT2D eigenvalue weighted by Gasteiger charge is 2.65. The Balaban J connectivity index is 0.652. The van der Waals surface area contributed by atoms with Gasteiger partial charge in [-0.05, 0) is 137 Å². The molecule has 29 nitrogen and oxygen atoms in total. The number of fused-ring (bicyclic) bond motifs is 5. The number of rotatable bonds is 32. The number of pyridine rings is 4. The summed E-state index contributed by atoms with van der Waals surface area (Å²) in [6.45, 7) is 9.45. The van der Waals surface area contributed by atoms with E-state index in [1.165, 1.54) is 61.8 Å². The molecular weight excluding hydrogens is 1550 g/mol. The third-order valence-corrected chi connectivity index (χ3v) is 24.3. The standard InChI is InChI=1S/C87H107ClN12O17S/c1-54-20-18-25-72(113-8)87(111)46-70(115-85(110)95-87)55(2)80-86(4,117-80)73(45-76(103)97(6)68-42-58(38-54)43-69(112-7)78(68)88)116-83(108)56(3)96(5)75(102)31-37-118-71-44-77(104)100(82(71)107)47-57-27-29-60(30-28-57)81(106)93-36-19-26-74(101)94-67(84(109)114-9)41-59-39-61(48-98(50-63-21-10-14-32-89-63)51-64-22-11-15-33-90-64)79(105)62(40-59)49-99(52-65-23-12-16-34-91-65)53-66-24-13-17-35-92-66/h10-18,20-25,32-35,39-40,42-43,55-57,60,67,70-73,80,105,111H,19,26-31,36-38,41,44-53H2,1-9H3,(H,93,106)(H,94,101)(H,95,110)/b25-18+,54-20+/t55-,56+,57?,60?,67?,70+,71?,72-,73+,80+,86-,87+/m1/s1. The molecule has 7 amide bonds. The van der Waals surface area contributed by atoms with Crippen molar-refractivity contribution in [1.29, 1.82) is 0 Å². The smallest absolute Gasteiger partial charge is 0.409 e. The van der Waals surface area contributed by atoms with Gasteiger partial charge in [-0.2, -0.15) is 0 Å². The van der Waals surface area contributed by atoms with E-state index in [0.29, 0.717) is 86.4 Å². The molecule has 1 saturated carbocycles. The van der Waals surface area contributed by atoms with Gasteiger partial charge in [0, 0.05) is 159 Å². The average molecular weight is 1660 g/mol. The van der Waals surface area contributed by atoms with Gasteiger partial charge < -0.3 is 59.1 Å². The zero-order chi connectivity index (χ0) is 84.4. The van der Waals surface area contributed by atoms with Gasteiger partial charge >= 0.3 is 18.0 Å². The number of likely N-dealkylation sites (tertiary alicyclic amines) is 1. The summed E-state index contributed by atoms with van der Waals surface area (Å²) < 4.78 is 35.0. The molecule has 4 fully saturated rings. The van der Waals surface area contributed by atoms with Crippen molar-refractivity contribution in [3.05, 3.63) is 196 Å². The van der Waals surface area contributed by atoms with Gasteiger partial charge in [-0.3, -0.25) is 68.7 Å². The summed E-state index contributed by atoms with van der Waals surface area (Å²) in [5.74, 6) is -4.22. The number of carbonyl (C=O) groups excluding carboxylic acids is 9. The molecule has 4 bridgehead atoms. The number of thioether (sulfide) groups is 1. The molecule has 10 atom stereocenters. The molecule has 0 spiro atoms. The molecule has 1 aliphatic carbocycles. The van der Waals surface area contributed by atoms with Crippen LogP contribution in [0.4, 0.5) is 10.5 Å². The Bertz CT molecular complexity index is 4400. The molecule has 2 unspecified atom stereocenters. The maximum atomic E-state index is 14.6. The van der Waals surface area contributed by atoms with Gasteiger partial charge in [0.15, 0.2) is 5.72 Å². The van der Waals surface area contributed by atoms with E-state index in [-0.39, 0.29) is 111 Å². The highest BCUT2D eigenvalue weighted by molar-refractivity contribution is 8.00. The minimum atomic E-state index is -1.91. The lowest BCUT2D eigenvalue weighted by Crippen LogP contribution is -2.63. The fourth-order valence-corrected chi connectivity index (χ4v) is 17.3. The zero-order valence-electron chi connectivity index (χ0n) is 68.2. The number of likely N-dealkylation sites (N-methyl/N-ethyl adjacent to an activating group) is 1. The lowest BCUT2D eigenvalue weighted by atomic mass is 9.81. The molecule has 5 N–H and O–H groups in total. The largest absolute Gasteiger partial charge is 0.507 e. The molecule has 4 aliphatic heterocycles. The number of methoxy groups -OCH3 is 3. The van der Waals surface area contributed by atoms with Crippen molar-refractivity contribution in [3.63, 3.8) is 0 Å². The number of imide groups is 1. The second-order valence-corrected chi connectivity index (χ2v) is 33.0. The molecule has 31 heteroatoms. The van der Waals surface area contributed by atoms with Crippen LogP contribution in [-0.2, 0) is 114 Å². The molecule has 5 aliphatic rings. The van der Waals surface area contributed by atoms with Gasteiger partial charge in [0.1, 0.15) is 52.5 Å². The summed E-state index contributed by atoms with van der Waals surface area (Å²) in [7, 11) is 7.12. The summed E-state index contributed by atoms with van der Waals surface area (Å²) >= 11 is 8.06. The van der Waals surface area contributed by atoms with Crippen LogP contribution in [0.15, 0.2) is 146 Å². The highest BCUT2D eigenvalue weighted by Crippen LogP contribution is 2.50. The number of nitrogens with one attached hydrogen (secondary N) is 3. The van der Waals surface area contributed by atoms with Gasteiger partial charge in [0.05, 0.1) is 60.5 Å². The maximum absolute atomic E-state index is 14.6. The molecule has 8 heterocycles. The van der Waals surface area contributed by atoms with Crippen LogP contribution in [0.2, 0.25) is 5.02 Å². The summed E-state index contributed by atoms with van der Waals surface area (Å²) in [6, 6.07) is 27.8. The predicted octanol–water partition coefficient (Wildman–Crippen LogP) is 9.06. The first kappa shape index (κ1) is 88.6. The number of anilines is 1. The van der Waals surface area contributed by atoms with E-state index in [4.69, 9.17) is 40.0 Å². The average Bonchev–Trinajstić information content (AvgIpc) is 1.57. The number of hydrogen-bond acceptors (Lipinski definition) is 24. The van der Waals surface area contributed by atoms with Crippen LogP contribution in [0.3, 0.4) is 0 Å². The van der Waals surface area contributed by atoms with Crippen LogP contribution < -0.4 is 25.6 Å². The van der Waals surface area contributed by atoms with E-state index in [1.807, 2.05) is 97.9 Å². The number of aliphatic hydroxyl groups is 1. The molecule has 0 radical (unpaired) electrons. The molecule has 3 saturated heterocycles. The predicted molar refractivity (Wildman–Crippen MR) is 439 cm³/mol. The Labute approximate surface area is 697 Å². The number of esters is 2. The number of phenols is 1. The number of nitrogens with zero attached hydrogens (tertiary/aromatic N) is 9. The lowest BCUT2D eigenvalue weighted by molar-refractivity contribution is -0.162. The van der Waals surface area contributed by atoms with Crippen LogP contribution >= 0.6 is 23.4 Å². The van der Waals surface area contributed by atoms with Crippen molar-refractivity contribution in [1.82, 2.24) is 55.5 Å². The van der Waals surface area contributed by atoms with E-state index < -0.39 is 101 Å². The Kier molecular flexibility index (Phi) is 30.8. The van der Waals surface area contributed by atoms with Crippen LogP contribution in [0.5, 0.6) is 11.5 Å². The number of allylic oxidation sites excluding steroid dienone is 3. The molecule has 118 heavy (non-hydrogen) atoms. The highest BCUT2D eigenvalue weighted by atomic mass is 35.5. The fraction of sp³-hybridized carbons (Fsp3) is 0.483. The number of phenolic OH excluding ortho intramolecular Hbond substituents is 1.